The van der Waals surface area contributed by atoms with E-state index in [0.29, 0.717) is 5.69 Å². The van der Waals surface area contributed by atoms with E-state index >= 15 is 0 Å². The highest BCUT2D eigenvalue weighted by atomic mass is 32.2. The van der Waals surface area contributed by atoms with Gasteiger partial charge >= 0.3 is 6.03 Å². The van der Waals surface area contributed by atoms with Gasteiger partial charge in [-0.2, -0.15) is 0 Å². The van der Waals surface area contributed by atoms with Crippen LogP contribution < -0.4 is 10.6 Å². The number of rotatable bonds is 3. The molecule has 0 radical (unpaired) electrons. The van der Waals surface area contributed by atoms with Crippen molar-refractivity contribution in [1.29, 1.82) is 0 Å². The van der Waals surface area contributed by atoms with Gasteiger partial charge in [-0.15, -0.1) is 0 Å². The van der Waals surface area contributed by atoms with Crippen LogP contribution in [0, 0.1) is 6.92 Å². The van der Waals surface area contributed by atoms with E-state index in [-0.39, 0.29) is 17.0 Å². The van der Waals surface area contributed by atoms with Gasteiger partial charge in [0.1, 0.15) is 0 Å². The summed E-state index contributed by atoms with van der Waals surface area (Å²) in [5, 5.41) is 5.77. The van der Waals surface area contributed by atoms with Crippen LogP contribution >= 0.6 is 0 Å². The second-order valence-corrected chi connectivity index (χ2v) is 8.05. The summed E-state index contributed by atoms with van der Waals surface area (Å²) in [6, 6.07) is 4.72. The van der Waals surface area contributed by atoms with Crippen LogP contribution in [0.1, 0.15) is 44.1 Å². The Balaban J connectivity index is 2.04. The number of anilines is 1. The molecule has 1 aromatic carbocycles. The number of carbonyl (C=O) groups is 1. The SMILES string of the molecule is Cc1ccc(S(C)(=O)=O)cc1NC(=O)NC1CCCCCC1. The lowest BCUT2D eigenvalue weighted by Crippen LogP contribution is -2.37. The predicted molar refractivity (Wildman–Crippen MR) is 87.9 cm³/mol. The first-order valence-electron chi connectivity index (χ1n) is 7.74. The summed E-state index contributed by atoms with van der Waals surface area (Å²) in [5.74, 6) is 0. The molecule has 0 spiro atoms. The van der Waals surface area contributed by atoms with Crippen LogP contribution in [0.15, 0.2) is 23.1 Å². The highest BCUT2D eigenvalue weighted by Gasteiger charge is 2.16. The molecule has 2 N–H and O–H groups in total. The number of sulfone groups is 1. The highest BCUT2D eigenvalue weighted by Crippen LogP contribution is 2.21. The summed E-state index contributed by atoms with van der Waals surface area (Å²) in [7, 11) is -3.28. The number of amides is 2. The third-order valence-corrected chi connectivity index (χ3v) is 5.19. The van der Waals surface area contributed by atoms with Gasteiger partial charge in [0.15, 0.2) is 9.84 Å². The fourth-order valence-corrected chi connectivity index (χ4v) is 3.38. The maximum absolute atomic E-state index is 12.1. The molecule has 2 rings (SSSR count). The third-order valence-electron chi connectivity index (χ3n) is 4.08. The Bertz CT molecular complexity index is 633. The normalized spacial score (nSPS) is 16.8. The van der Waals surface area contributed by atoms with Gasteiger partial charge in [0.05, 0.1) is 4.90 Å². The molecule has 0 bridgehead atoms. The second kappa shape index (κ2) is 7.13. The standard InChI is InChI=1S/C16H24N2O3S/c1-12-9-10-14(22(2,20)21)11-15(12)18-16(19)17-13-7-5-3-4-6-8-13/h9-11,13H,3-8H2,1-2H3,(H2,17,18,19). The molecule has 1 saturated carbocycles. The van der Waals surface area contributed by atoms with Crippen LogP contribution in [0.4, 0.5) is 10.5 Å². The van der Waals surface area contributed by atoms with E-state index in [4.69, 9.17) is 0 Å². The Morgan fingerprint density at radius 1 is 1.14 bits per heavy atom. The van der Waals surface area contributed by atoms with Crippen molar-refractivity contribution < 1.29 is 13.2 Å². The fourth-order valence-electron chi connectivity index (χ4n) is 2.73. The largest absolute Gasteiger partial charge is 0.335 e. The van der Waals surface area contributed by atoms with Crippen LogP contribution in [0.2, 0.25) is 0 Å². The molecule has 0 atom stereocenters. The Hall–Kier alpha value is -1.56. The van der Waals surface area contributed by atoms with E-state index in [2.05, 4.69) is 10.6 Å². The average Bonchev–Trinajstić information content (AvgIpc) is 2.68. The van der Waals surface area contributed by atoms with E-state index in [9.17, 15) is 13.2 Å². The molecule has 1 fully saturated rings. The van der Waals surface area contributed by atoms with Crippen LogP contribution in [0.3, 0.4) is 0 Å². The van der Waals surface area contributed by atoms with Crippen LogP contribution in [-0.4, -0.2) is 26.7 Å². The maximum Gasteiger partial charge on any atom is 0.319 e. The van der Waals surface area contributed by atoms with Crippen molar-refractivity contribution in [1.82, 2.24) is 5.32 Å². The Morgan fingerprint density at radius 2 is 1.77 bits per heavy atom. The number of urea groups is 1. The molecule has 122 valence electrons. The topological polar surface area (TPSA) is 75.3 Å². The quantitative estimate of drug-likeness (QED) is 0.838. The van der Waals surface area contributed by atoms with Gasteiger partial charge in [-0.25, -0.2) is 13.2 Å². The van der Waals surface area contributed by atoms with Gasteiger partial charge in [0.25, 0.3) is 0 Å². The molecule has 0 unspecified atom stereocenters. The van der Waals surface area contributed by atoms with Gasteiger partial charge in [0.2, 0.25) is 0 Å². The first-order chi connectivity index (χ1) is 10.4. The lowest BCUT2D eigenvalue weighted by atomic mass is 10.1. The second-order valence-electron chi connectivity index (χ2n) is 6.04. The summed E-state index contributed by atoms with van der Waals surface area (Å²) >= 11 is 0. The van der Waals surface area contributed by atoms with Crippen LogP contribution in [0.25, 0.3) is 0 Å². The third kappa shape index (κ3) is 4.73. The van der Waals surface area contributed by atoms with Crippen molar-refractivity contribution in [3.8, 4) is 0 Å². The predicted octanol–water partition coefficient (Wildman–Crippen LogP) is 3.24. The zero-order valence-electron chi connectivity index (χ0n) is 13.2. The van der Waals surface area contributed by atoms with Crippen LogP contribution in [0.5, 0.6) is 0 Å². The molecule has 1 aliphatic carbocycles. The number of hydrogen-bond acceptors (Lipinski definition) is 3. The minimum Gasteiger partial charge on any atom is -0.335 e. The summed E-state index contributed by atoms with van der Waals surface area (Å²) in [6.45, 7) is 1.84. The van der Waals surface area contributed by atoms with Crippen molar-refractivity contribution in [3.05, 3.63) is 23.8 Å². The fraction of sp³-hybridized carbons (Fsp3) is 0.562. The molecule has 0 heterocycles. The summed E-state index contributed by atoms with van der Waals surface area (Å²) < 4.78 is 23.2. The minimum atomic E-state index is -3.28. The van der Waals surface area contributed by atoms with Gasteiger partial charge in [-0.05, 0) is 37.5 Å². The molecule has 5 nitrogen and oxygen atoms in total. The minimum absolute atomic E-state index is 0.209. The zero-order valence-corrected chi connectivity index (χ0v) is 14.0. The maximum atomic E-state index is 12.1. The summed E-state index contributed by atoms with van der Waals surface area (Å²) in [4.78, 5) is 12.3. The summed E-state index contributed by atoms with van der Waals surface area (Å²) in [6.07, 6.45) is 7.93. The average molecular weight is 324 g/mol. The Kier molecular flexibility index (Phi) is 5.45. The van der Waals surface area contributed by atoms with E-state index in [0.717, 1.165) is 37.5 Å². The number of aryl methyl sites for hydroxylation is 1. The molecule has 22 heavy (non-hydrogen) atoms. The smallest absolute Gasteiger partial charge is 0.319 e. The molecule has 1 aliphatic rings. The van der Waals surface area contributed by atoms with Crippen molar-refractivity contribution in [2.75, 3.05) is 11.6 Å². The number of nitrogens with one attached hydrogen (secondary N) is 2. The molecule has 0 aromatic heterocycles. The van der Waals surface area contributed by atoms with Crippen molar-refractivity contribution >= 4 is 21.6 Å². The molecule has 2 amide bonds. The Morgan fingerprint density at radius 3 is 2.36 bits per heavy atom. The summed E-state index contributed by atoms with van der Waals surface area (Å²) in [5.41, 5.74) is 1.37. The molecular formula is C16H24N2O3S. The lowest BCUT2D eigenvalue weighted by Gasteiger charge is -2.17. The van der Waals surface area contributed by atoms with Gasteiger partial charge in [-0.3, -0.25) is 0 Å². The van der Waals surface area contributed by atoms with Crippen molar-refractivity contribution in [3.63, 3.8) is 0 Å². The van der Waals surface area contributed by atoms with Gasteiger partial charge < -0.3 is 10.6 Å². The zero-order chi connectivity index (χ0) is 16.2. The Labute approximate surface area is 132 Å². The van der Waals surface area contributed by atoms with Gasteiger partial charge in [-0.1, -0.05) is 31.7 Å². The van der Waals surface area contributed by atoms with Crippen molar-refractivity contribution in [2.24, 2.45) is 0 Å². The van der Waals surface area contributed by atoms with E-state index in [1.165, 1.54) is 18.9 Å². The molecule has 0 aliphatic heterocycles. The van der Waals surface area contributed by atoms with E-state index in [1.54, 1.807) is 12.1 Å². The highest BCUT2D eigenvalue weighted by molar-refractivity contribution is 7.90. The molecule has 1 aromatic rings. The first kappa shape index (κ1) is 16.8. The van der Waals surface area contributed by atoms with Gasteiger partial charge in [0, 0.05) is 18.0 Å². The van der Waals surface area contributed by atoms with E-state index < -0.39 is 9.84 Å². The van der Waals surface area contributed by atoms with Crippen molar-refractivity contribution in [2.45, 2.75) is 56.4 Å². The van der Waals surface area contributed by atoms with Crippen LogP contribution in [-0.2, 0) is 9.84 Å². The monoisotopic (exact) mass is 324 g/mol. The lowest BCUT2D eigenvalue weighted by molar-refractivity contribution is 0.247. The molecule has 0 saturated heterocycles. The number of benzene rings is 1. The number of hydrogen-bond donors (Lipinski definition) is 2. The first-order valence-corrected chi connectivity index (χ1v) is 9.63. The molecular weight excluding hydrogens is 300 g/mol. The molecule has 6 heteroatoms. The number of carbonyl (C=O) groups excluding carboxylic acids is 1. The van der Waals surface area contributed by atoms with E-state index in [1.807, 2.05) is 6.92 Å².